The third-order valence-corrected chi connectivity index (χ3v) is 3.75. The van der Waals surface area contributed by atoms with Crippen molar-refractivity contribution in [1.82, 2.24) is 10.4 Å². The maximum atomic E-state index is 12.0. The van der Waals surface area contributed by atoms with Gasteiger partial charge >= 0.3 is 0 Å². The molecule has 1 aromatic heterocycles. The van der Waals surface area contributed by atoms with Gasteiger partial charge in [-0.1, -0.05) is 18.2 Å². The lowest BCUT2D eigenvalue weighted by Crippen LogP contribution is -2.17. The van der Waals surface area contributed by atoms with Crippen LogP contribution in [0.3, 0.4) is 0 Å². The number of carbonyl (C=O) groups is 1. The number of para-hydroxylation sites is 1. The summed E-state index contributed by atoms with van der Waals surface area (Å²) < 4.78 is 11.2. The molecule has 0 aliphatic heterocycles. The minimum Gasteiger partial charge on any atom is -0.496 e. The zero-order valence-corrected chi connectivity index (χ0v) is 14.8. The van der Waals surface area contributed by atoms with Gasteiger partial charge < -0.3 is 9.47 Å². The summed E-state index contributed by atoms with van der Waals surface area (Å²) in [5.41, 5.74) is 4.62. The van der Waals surface area contributed by atoms with Crippen molar-refractivity contribution < 1.29 is 14.3 Å². The maximum absolute atomic E-state index is 12.0. The summed E-state index contributed by atoms with van der Waals surface area (Å²) in [5.74, 6) is 1.19. The van der Waals surface area contributed by atoms with Crippen LogP contribution in [0.15, 0.2) is 78.2 Å². The van der Waals surface area contributed by atoms with Crippen LogP contribution in [0.4, 0.5) is 0 Å². The van der Waals surface area contributed by atoms with Crippen LogP contribution in [0.5, 0.6) is 11.5 Å². The molecule has 136 valence electrons. The molecule has 2 aromatic carbocycles. The molecule has 27 heavy (non-hydrogen) atoms. The van der Waals surface area contributed by atoms with Gasteiger partial charge in [-0.3, -0.25) is 9.78 Å². The SMILES string of the molecule is COc1ccc(C=NNC(=O)c2cccnc2)cc1COc1ccccc1. The number of carbonyl (C=O) groups excluding carboxylic acids is 1. The number of nitrogens with one attached hydrogen (secondary N) is 1. The first-order valence-corrected chi connectivity index (χ1v) is 8.34. The lowest BCUT2D eigenvalue weighted by atomic mass is 10.1. The number of nitrogens with zero attached hydrogens (tertiary/aromatic N) is 2. The fraction of sp³-hybridized carbons (Fsp3) is 0.0952. The summed E-state index contributed by atoms with van der Waals surface area (Å²) in [4.78, 5) is 15.9. The van der Waals surface area contributed by atoms with Gasteiger partial charge in [0, 0.05) is 18.0 Å². The number of hydrogen-bond donors (Lipinski definition) is 1. The van der Waals surface area contributed by atoms with Crippen molar-refractivity contribution in [1.29, 1.82) is 0 Å². The number of aromatic nitrogens is 1. The molecule has 0 unspecified atom stereocenters. The summed E-state index contributed by atoms with van der Waals surface area (Å²) in [6.45, 7) is 0.358. The van der Waals surface area contributed by atoms with E-state index in [-0.39, 0.29) is 5.91 Å². The van der Waals surface area contributed by atoms with E-state index in [1.54, 1.807) is 31.7 Å². The summed E-state index contributed by atoms with van der Waals surface area (Å²) in [6.07, 6.45) is 4.66. The molecule has 0 atom stereocenters. The number of hydrogen-bond acceptors (Lipinski definition) is 5. The number of benzene rings is 2. The van der Waals surface area contributed by atoms with E-state index in [1.807, 2.05) is 48.5 Å². The van der Waals surface area contributed by atoms with Gasteiger partial charge in [0.1, 0.15) is 18.1 Å². The van der Waals surface area contributed by atoms with Crippen LogP contribution in [0.1, 0.15) is 21.5 Å². The molecular formula is C21H19N3O3. The van der Waals surface area contributed by atoms with Crippen LogP contribution in [0.2, 0.25) is 0 Å². The minimum absolute atomic E-state index is 0.319. The first-order chi connectivity index (χ1) is 13.3. The Kier molecular flexibility index (Phi) is 6.14. The number of amides is 1. The highest BCUT2D eigenvalue weighted by molar-refractivity contribution is 5.94. The molecule has 0 saturated heterocycles. The lowest BCUT2D eigenvalue weighted by molar-refractivity contribution is 0.0955. The average Bonchev–Trinajstić information content (AvgIpc) is 2.73. The molecular weight excluding hydrogens is 342 g/mol. The molecule has 0 bridgehead atoms. The second-order valence-corrected chi connectivity index (χ2v) is 5.61. The second kappa shape index (κ2) is 9.15. The zero-order chi connectivity index (χ0) is 18.9. The number of ether oxygens (including phenoxy) is 2. The van der Waals surface area contributed by atoms with Crippen LogP contribution in [0, 0.1) is 0 Å². The van der Waals surface area contributed by atoms with E-state index in [9.17, 15) is 4.79 Å². The molecule has 3 rings (SSSR count). The van der Waals surface area contributed by atoms with Gasteiger partial charge in [0.2, 0.25) is 0 Å². The zero-order valence-electron chi connectivity index (χ0n) is 14.8. The van der Waals surface area contributed by atoms with E-state index in [0.29, 0.717) is 12.2 Å². The van der Waals surface area contributed by atoms with Crippen molar-refractivity contribution in [2.24, 2.45) is 5.10 Å². The largest absolute Gasteiger partial charge is 0.496 e. The van der Waals surface area contributed by atoms with Gasteiger partial charge in [-0.25, -0.2) is 5.43 Å². The lowest BCUT2D eigenvalue weighted by Gasteiger charge is -2.11. The first kappa shape index (κ1) is 18.1. The smallest absolute Gasteiger partial charge is 0.272 e. The number of rotatable bonds is 7. The molecule has 0 saturated carbocycles. The van der Waals surface area contributed by atoms with Crippen LogP contribution >= 0.6 is 0 Å². The quantitative estimate of drug-likeness (QED) is 0.517. The minimum atomic E-state index is -0.319. The fourth-order valence-corrected chi connectivity index (χ4v) is 2.40. The highest BCUT2D eigenvalue weighted by Crippen LogP contribution is 2.21. The predicted molar refractivity (Wildman–Crippen MR) is 103 cm³/mol. The molecule has 1 heterocycles. The number of pyridine rings is 1. The Hall–Kier alpha value is -3.67. The summed E-state index contributed by atoms with van der Waals surface area (Å²) in [5, 5.41) is 4.00. The summed E-state index contributed by atoms with van der Waals surface area (Å²) >= 11 is 0. The van der Waals surface area contributed by atoms with Gasteiger partial charge in [0.25, 0.3) is 5.91 Å². The average molecular weight is 361 g/mol. The van der Waals surface area contributed by atoms with Gasteiger partial charge in [0.05, 0.1) is 18.9 Å². The highest BCUT2D eigenvalue weighted by atomic mass is 16.5. The third kappa shape index (κ3) is 5.15. The Balaban J connectivity index is 1.66. The molecule has 0 aliphatic carbocycles. The van der Waals surface area contributed by atoms with E-state index in [2.05, 4.69) is 15.5 Å². The van der Waals surface area contributed by atoms with Crippen LogP contribution in [-0.4, -0.2) is 24.2 Å². The van der Waals surface area contributed by atoms with Crippen molar-refractivity contribution >= 4 is 12.1 Å². The number of methoxy groups -OCH3 is 1. The molecule has 0 spiro atoms. The predicted octanol–water partition coefficient (Wildman–Crippen LogP) is 3.43. The van der Waals surface area contributed by atoms with Crippen LogP contribution < -0.4 is 14.9 Å². The van der Waals surface area contributed by atoms with Gasteiger partial charge in [-0.15, -0.1) is 0 Å². The van der Waals surface area contributed by atoms with Gasteiger partial charge in [-0.05, 0) is 48.0 Å². The van der Waals surface area contributed by atoms with Crippen LogP contribution in [-0.2, 0) is 6.61 Å². The molecule has 6 heteroatoms. The standard InChI is InChI=1S/C21H19N3O3/c1-26-20-10-9-16(12-18(20)15-27-19-7-3-2-4-8-19)13-23-24-21(25)17-6-5-11-22-14-17/h2-14H,15H2,1H3,(H,24,25). The first-order valence-electron chi connectivity index (χ1n) is 8.34. The Morgan fingerprint density at radius 1 is 1.15 bits per heavy atom. The fourth-order valence-electron chi connectivity index (χ4n) is 2.40. The van der Waals surface area contributed by atoms with E-state index in [1.165, 1.54) is 6.20 Å². The second-order valence-electron chi connectivity index (χ2n) is 5.61. The highest BCUT2D eigenvalue weighted by Gasteiger charge is 2.06. The van der Waals surface area contributed by atoms with E-state index < -0.39 is 0 Å². The summed E-state index contributed by atoms with van der Waals surface area (Å²) in [7, 11) is 1.61. The maximum Gasteiger partial charge on any atom is 0.272 e. The monoisotopic (exact) mass is 361 g/mol. The Morgan fingerprint density at radius 2 is 2.00 bits per heavy atom. The van der Waals surface area contributed by atoms with Crippen molar-refractivity contribution in [2.75, 3.05) is 7.11 Å². The molecule has 0 radical (unpaired) electrons. The van der Waals surface area contributed by atoms with E-state index >= 15 is 0 Å². The Bertz CT molecular complexity index is 912. The number of hydrazone groups is 1. The van der Waals surface area contributed by atoms with Crippen molar-refractivity contribution in [3.63, 3.8) is 0 Å². The molecule has 0 aliphatic rings. The van der Waals surface area contributed by atoms with Gasteiger partial charge in [-0.2, -0.15) is 5.10 Å². The summed E-state index contributed by atoms with van der Waals surface area (Å²) in [6, 6.07) is 18.5. The Labute approximate surface area is 157 Å². The van der Waals surface area contributed by atoms with Crippen molar-refractivity contribution in [3.05, 3.63) is 89.7 Å². The molecule has 1 N–H and O–H groups in total. The van der Waals surface area contributed by atoms with E-state index in [4.69, 9.17) is 9.47 Å². The van der Waals surface area contributed by atoms with Crippen molar-refractivity contribution in [3.8, 4) is 11.5 Å². The van der Waals surface area contributed by atoms with Crippen LogP contribution in [0.25, 0.3) is 0 Å². The topological polar surface area (TPSA) is 72.8 Å². The van der Waals surface area contributed by atoms with E-state index in [0.717, 1.165) is 22.6 Å². The normalized spacial score (nSPS) is 10.6. The van der Waals surface area contributed by atoms with Crippen molar-refractivity contribution in [2.45, 2.75) is 6.61 Å². The molecule has 3 aromatic rings. The molecule has 1 amide bonds. The molecule has 0 fully saturated rings. The van der Waals surface area contributed by atoms with Gasteiger partial charge in [0.15, 0.2) is 0 Å². The molecule has 6 nitrogen and oxygen atoms in total. The third-order valence-electron chi connectivity index (χ3n) is 3.75. The Morgan fingerprint density at radius 3 is 2.74 bits per heavy atom.